The second kappa shape index (κ2) is 9.94. The van der Waals surface area contributed by atoms with E-state index in [0.717, 1.165) is 22.5 Å². The number of nitrogens with two attached hydrogens (primary N) is 1. The van der Waals surface area contributed by atoms with E-state index in [-0.39, 0.29) is 33.8 Å². The fourth-order valence-corrected chi connectivity index (χ4v) is 5.32. The van der Waals surface area contributed by atoms with Gasteiger partial charge in [0.1, 0.15) is 16.3 Å². The summed E-state index contributed by atoms with van der Waals surface area (Å²) in [5.74, 6) is -1.30. The Bertz CT molecular complexity index is 1390. The Balaban J connectivity index is 1.48. The molecule has 35 heavy (non-hydrogen) atoms. The van der Waals surface area contributed by atoms with Gasteiger partial charge in [0.25, 0.3) is 5.91 Å². The third-order valence-electron chi connectivity index (χ3n) is 6.15. The summed E-state index contributed by atoms with van der Waals surface area (Å²) in [6.07, 6.45) is 2.94. The molecule has 1 aliphatic rings. The molecule has 0 atom stereocenters. The molecule has 3 aromatic rings. The zero-order valence-corrected chi connectivity index (χ0v) is 20.2. The van der Waals surface area contributed by atoms with Gasteiger partial charge in [0.2, 0.25) is 15.9 Å². The van der Waals surface area contributed by atoms with Gasteiger partial charge >= 0.3 is 0 Å². The number of rotatable bonds is 7. The molecule has 9 nitrogen and oxygen atoms in total. The highest BCUT2D eigenvalue weighted by molar-refractivity contribution is 7.89. The first-order valence-corrected chi connectivity index (χ1v) is 12.9. The zero-order valence-electron chi connectivity index (χ0n) is 18.7. The number of H-pyrrole nitrogens is 1. The number of hydrogen-bond donors (Lipinski definition) is 5. The van der Waals surface area contributed by atoms with Crippen molar-refractivity contribution in [2.24, 2.45) is 5.14 Å². The third-order valence-corrected chi connectivity index (χ3v) is 7.55. The minimum Gasteiger partial charge on any atom is -0.361 e. The Morgan fingerprint density at radius 1 is 1.14 bits per heavy atom. The van der Waals surface area contributed by atoms with Crippen molar-refractivity contribution in [3.8, 4) is 0 Å². The molecule has 6 N–H and O–H groups in total. The number of primary sulfonamides is 1. The summed E-state index contributed by atoms with van der Waals surface area (Å²) in [6.45, 7) is 1.31. The topological polar surface area (TPSA) is 146 Å². The van der Waals surface area contributed by atoms with E-state index >= 15 is 0 Å². The molecular formula is C23H25ClFN5O4S. The van der Waals surface area contributed by atoms with Crippen molar-refractivity contribution in [3.63, 3.8) is 0 Å². The van der Waals surface area contributed by atoms with Gasteiger partial charge in [-0.2, -0.15) is 0 Å². The Hall–Kier alpha value is -2.99. The number of amides is 2. The number of benzene rings is 2. The fourth-order valence-electron chi connectivity index (χ4n) is 4.25. The molecule has 0 unspecified atom stereocenters. The first-order chi connectivity index (χ1) is 16.6. The number of carbonyl (C=O) groups excluding carboxylic acids is 2. The van der Waals surface area contributed by atoms with Crippen LogP contribution in [0.25, 0.3) is 10.9 Å². The van der Waals surface area contributed by atoms with Gasteiger partial charge in [0.15, 0.2) is 0 Å². The van der Waals surface area contributed by atoms with Crippen LogP contribution >= 0.6 is 11.6 Å². The predicted molar refractivity (Wildman–Crippen MR) is 130 cm³/mol. The van der Waals surface area contributed by atoms with E-state index in [1.807, 2.05) is 0 Å². The second-order valence-corrected chi connectivity index (χ2v) is 10.4. The summed E-state index contributed by atoms with van der Waals surface area (Å²) in [4.78, 5) is 29.0. The van der Waals surface area contributed by atoms with Gasteiger partial charge in [-0.1, -0.05) is 11.6 Å². The standard InChI is InChI=1S/C23H25ClFN5O4S/c24-18-3-1-14(11-20(18)35(26,33)34)21(31)30-23(6-9-27-10-7-23)22(32)28-8-5-15-13-29-19-4-2-16(25)12-17(15)19/h1-4,11-13,27,29H,5-10H2,(H,28,32)(H,30,31)(H2,26,33,34). The normalized spacial score (nSPS) is 15.6. The lowest BCUT2D eigenvalue weighted by Gasteiger charge is -2.37. The highest BCUT2D eigenvalue weighted by atomic mass is 35.5. The number of halogens is 2. The molecule has 0 saturated carbocycles. The van der Waals surface area contributed by atoms with Crippen LogP contribution in [0.15, 0.2) is 47.5 Å². The quantitative estimate of drug-likeness (QED) is 0.322. The monoisotopic (exact) mass is 521 g/mol. The smallest absolute Gasteiger partial charge is 0.252 e. The van der Waals surface area contributed by atoms with Crippen molar-refractivity contribution in [1.82, 2.24) is 20.9 Å². The van der Waals surface area contributed by atoms with Crippen molar-refractivity contribution in [2.75, 3.05) is 19.6 Å². The van der Waals surface area contributed by atoms with Crippen LogP contribution in [0.5, 0.6) is 0 Å². The Morgan fingerprint density at radius 2 is 1.89 bits per heavy atom. The highest BCUT2D eigenvalue weighted by Crippen LogP contribution is 2.24. The van der Waals surface area contributed by atoms with Crippen LogP contribution in [-0.4, -0.2) is 50.4 Å². The van der Waals surface area contributed by atoms with E-state index in [0.29, 0.717) is 32.4 Å². The van der Waals surface area contributed by atoms with Gasteiger partial charge in [-0.05, 0) is 74.3 Å². The summed E-state index contributed by atoms with van der Waals surface area (Å²) in [5, 5.41) is 14.7. The van der Waals surface area contributed by atoms with Crippen molar-refractivity contribution < 1.29 is 22.4 Å². The molecule has 2 aromatic carbocycles. The van der Waals surface area contributed by atoms with Crippen molar-refractivity contribution in [3.05, 3.63) is 64.6 Å². The molecule has 2 heterocycles. The van der Waals surface area contributed by atoms with Crippen LogP contribution < -0.4 is 21.1 Å². The van der Waals surface area contributed by atoms with Gasteiger partial charge < -0.3 is 20.9 Å². The Labute approximate surface area is 206 Å². The van der Waals surface area contributed by atoms with Gasteiger partial charge in [-0.25, -0.2) is 17.9 Å². The molecule has 0 aliphatic carbocycles. The summed E-state index contributed by atoms with van der Waals surface area (Å²) < 4.78 is 37.2. The lowest BCUT2D eigenvalue weighted by atomic mass is 9.86. The van der Waals surface area contributed by atoms with Gasteiger partial charge in [-0.15, -0.1) is 0 Å². The lowest BCUT2D eigenvalue weighted by molar-refractivity contribution is -0.128. The number of aromatic nitrogens is 1. The van der Waals surface area contributed by atoms with Crippen LogP contribution in [0.1, 0.15) is 28.8 Å². The average molecular weight is 522 g/mol. The summed E-state index contributed by atoms with van der Waals surface area (Å²) in [7, 11) is -4.13. The minimum absolute atomic E-state index is 0.0185. The number of fused-ring (bicyclic) bond motifs is 1. The van der Waals surface area contributed by atoms with Crippen LogP contribution in [-0.2, 0) is 21.2 Å². The summed E-state index contributed by atoms with van der Waals surface area (Å²) >= 11 is 5.91. The fraction of sp³-hybridized carbons (Fsp3) is 0.304. The van der Waals surface area contributed by atoms with Gasteiger partial charge in [0.05, 0.1) is 5.02 Å². The van der Waals surface area contributed by atoms with E-state index in [9.17, 15) is 22.4 Å². The Morgan fingerprint density at radius 3 is 2.60 bits per heavy atom. The van der Waals surface area contributed by atoms with Crippen LogP contribution in [0, 0.1) is 5.82 Å². The first-order valence-electron chi connectivity index (χ1n) is 11.0. The molecule has 186 valence electrons. The van der Waals surface area contributed by atoms with E-state index < -0.39 is 21.5 Å². The molecule has 0 radical (unpaired) electrons. The number of sulfonamides is 1. The minimum atomic E-state index is -4.13. The molecule has 2 amide bonds. The molecular weight excluding hydrogens is 497 g/mol. The maximum absolute atomic E-state index is 13.6. The molecule has 1 fully saturated rings. The molecule has 1 aliphatic heterocycles. The zero-order chi connectivity index (χ0) is 25.2. The van der Waals surface area contributed by atoms with E-state index in [1.165, 1.54) is 24.3 Å². The largest absolute Gasteiger partial charge is 0.361 e. The first kappa shape index (κ1) is 25.1. The van der Waals surface area contributed by atoms with E-state index in [1.54, 1.807) is 12.3 Å². The summed E-state index contributed by atoms with van der Waals surface area (Å²) in [5.41, 5.74) is 0.497. The van der Waals surface area contributed by atoms with Crippen LogP contribution in [0.3, 0.4) is 0 Å². The molecule has 4 rings (SSSR count). The van der Waals surface area contributed by atoms with Crippen molar-refractivity contribution in [2.45, 2.75) is 29.7 Å². The predicted octanol–water partition coefficient (Wildman–Crippen LogP) is 1.82. The second-order valence-electron chi connectivity index (χ2n) is 8.49. The molecule has 1 aromatic heterocycles. The van der Waals surface area contributed by atoms with Gasteiger partial charge in [0, 0.05) is 29.2 Å². The SMILES string of the molecule is NS(=O)(=O)c1cc(C(=O)NC2(C(=O)NCCc3c[nH]c4ccc(F)cc34)CCNCC2)ccc1Cl. The Kier molecular flexibility index (Phi) is 7.13. The maximum Gasteiger partial charge on any atom is 0.252 e. The lowest BCUT2D eigenvalue weighted by Crippen LogP contribution is -2.63. The van der Waals surface area contributed by atoms with Crippen molar-refractivity contribution in [1.29, 1.82) is 0 Å². The summed E-state index contributed by atoms with van der Waals surface area (Å²) in [6, 6.07) is 8.21. The number of hydrogen-bond acceptors (Lipinski definition) is 5. The number of piperidine rings is 1. The molecule has 12 heteroatoms. The number of nitrogens with one attached hydrogen (secondary N) is 4. The van der Waals surface area contributed by atoms with Crippen LogP contribution in [0.4, 0.5) is 4.39 Å². The van der Waals surface area contributed by atoms with Crippen LogP contribution in [0.2, 0.25) is 5.02 Å². The van der Waals surface area contributed by atoms with E-state index in [4.69, 9.17) is 16.7 Å². The van der Waals surface area contributed by atoms with Gasteiger partial charge in [-0.3, -0.25) is 9.59 Å². The number of aromatic amines is 1. The third kappa shape index (κ3) is 5.48. The molecule has 0 bridgehead atoms. The molecule has 0 spiro atoms. The van der Waals surface area contributed by atoms with Crippen molar-refractivity contribution >= 4 is 44.3 Å². The maximum atomic E-state index is 13.6. The average Bonchev–Trinajstić information content (AvgIpc) is 3.21. The number of carbonyl (C=O) groups is 2. The molecule has 1 saturated heterocycles. The van der Waals surface area contributed by atoms with E-state index in [2.05, 4.69) is 20.9 Å². The highest BCUT2D eigenvalue weighted by Gasteiger charge is 2.41.